The Hall–Kier alpha value is -3.05. The second-order valence-electron chi connectivity index (χ2n) is 7.17. The lowest BCUT2D eigenvalue weighted by Gasteiger charge is -2.33. The average Bonchev–Trinajstić information content (AvgIpc) is 3.05. The lowest BCUT2D eigenvalue weighted by Crippen LogP contribution is -2.47. The number of carbonyl (C=O) groups is 2. The van der Waals surface area contributed by atoms with Gasteiger partial charge in [0, 0.05) is 18.2 Å². The third kappa shape index (κ3) is 4.41. The number of aromatic nitrogens is 3. The van der Waals surface area contributed by atoms with Gasteiger partial charge in [0.2, 0.25) is 0 Å². The van der Waals surface area contributed by atoms with Crippen molar-refractivity contribution in [2.24, 2.45) is 5.92 Å². The second-order valence-corrected chi connectivity index (χ2v) is 7.17. The lowest BCUT2D eigenvalue weighted by molar-refractivity contribution is -0.168. The third-order valence-corrected chi connectivity index (χ3v) is 4.87. The van der Waals surface area contributed by atoms with Gasteiger partial charge in [0.15, 0.2) is 23.1 Å². The zero-order valence-electron chi connectivity index (χ0n) is 16.0. The fourth-order valence-corrected chi connectivity index (χ4v) is 3.05. The zero-order chi connectivity index (χ0) is 22.2. The van der Waals surface area contributed by atoms with Crippen LogP contribution in [0.25, 0.3) is 0 Å². The molecule has 3 rings (SSSR count). The summed E-state index contributed by atoms with van der Waals surface area (Å²) in [6.07, 6.45) is -5.31. The number of benzene rings is 1. The predicted octanol–water partition coefficient (Wildman–Crippen LogP) is 3.76. The molecule has 30 heavy (non-hydrogen) atoms. The Bertz CT molecular complexity index is 974. The molecule has 0 radical (unpaired) electrons. The minimum atomic E-state index is -4.52. The maximum atomic E-state index is 13.4. The van der Waals surface area contributed by atoms with E-state index in [1.54, 1.807) is 6.92 Å². The van der Waals surface area contributed by atoms with Gasteiger partial charge in [0.1, 0.15) is 0 Å². The van der Waals surface area contributed by atoms with E-state index < -0.39 is 48.0 Å². The minimum absolute atomic E-state index is 0.0265. The van der Waals surface area contributed by atoms with Crippen molar-refractivity contribution in [3.8, 4) is 0 Å². The van der Waals surface area contributed by atoms with Crippen molar-refractivity contribution in [2.75, 3.05) is 5.32 Å². The molecule has 1 aliphatic heterocycles. The normalized spacial score (nSPS) is 17.4. The number of nitrogens with zero attached hydrogens (tertiary/aromatic N) is 4. The highest BCUT2D eigenvalue weighted by Gasteiger charge is 2.39. The number of rotatable bonds is 4. The van der Waals surface area contributed by atoms with Crippen LogP contribution < -0.4 is 5.32 Å². The minimum Gasteiger partial charge on any atom is -0.314 e. The fraction of sp³-hybridized carbons (Fsp3) is 0.444. The summed E-state index contributed by atoms with van der Waals surface area (Å²) < 4.78 is 66.1. The van der Waals surface area contributed by atoms with Crippen molar-refractivity contribution in [3.63, 3.8) is 0 Å². The maximum Gasteiger partial charge on any atom is 0.391 e. The summed E-state index contributed by atoms with van der Waals surface area (Å²) in [6, 6.07) is 1.82. The van der Waals surface area contributed by atoms with E-state index in [1.165, 1.54) is 15.6 Å². The standard InChI is InChI=1S/C18H18F5N5O2/c1-9(18(21,22)23)5-15(29)16-14-8-27(10(2)7-28(14)26-25-16)17(30)24-11-3-4-12(19)13(20)6-11/h3-4,6,9-10H,5,7-8H2,1-2H3,(H,24,30)/t9-,10+/m1/s1. The highest BCUT2D eigenvalue weighted by atomic mass is 19.4. The molecular weight excluding hydrogens is 413 g/mol. The number of hydrogen-bond acceptors (Lipinski definition) is 4. The average molecular weight is 431 g/mol. The van der Waals surface area contributed by atoms with Crippen molar-refractivity contribution in [2.45, 2.75) is 45.6 Å². The van der Waals surface area contributed by atoms with E-state index in [2.05, 4.69) is 15.6 Å². The van der Waals surface area contributed by atoms with Gasteiger partial charge in [0.05, 0.1) is 30.7 Å². The number of Topliss-reactive ketones (excluding diaryl/α,β-unsaturated/α-hetero) is 1. The fourth-order valence-electron chi connectivity index (χ4n) is 3.05. The molecule has 2 atom stereocenters. The maximum absolute atomic E-state index is 13.4. The van der Waals surface area contributed by atoms with E-state index in [4.69, 9.17) is 0 Å². The summed E-state index contributed by atoms with van der Waals surface area (Å²) in [5, 5.41) is 9.95. The summed E-state index contributed by atoms with van der Waals surface area (Å²) in [4.78, 5) is 26.3. The van der Waals surface area contributed by atoms with Crippen LogP contribution in [0, 0.1) is 17.6 Å². The Morgan fingerprint density at radius 2 is 1.97 bits per heavy atom. The molecule has 0 unspecified atom stereocenters. The molecule has 1 aromatic heterocycles. The lowest BCUT2D eigenvalue weighted by atomic mass is 10.0. The zero-order valence-corrected chi connectivity index (χ0v) is 16.0. The number of nitrogens with one attached hydrogen (secondary N) is 1. The van der Waals surface area contributed by atoms with Crippen molar-refractivity contribution >= 4 is 17.5 Å². The van der Waals surface area contributed by atoms with Crippen LogP contribution in [0.1, 0.15) is 36.5 Å². The van der Waals surface area contributed by atoms with Crippen molar-refractivity contribution in [1.29, 1.82) is 0 Å². The summed E-state index contributed by atoms with van der Waals surface area (Å²) in [5.41, 5.74) is 0.0233. The number of fused-ring (bicyclic) bond motifs is 1. The smallest absolute Gasteiger partial charge is 0.314 e. The van der Waals surface area contributed by atoms with Gasteiger partial charge in [-0.25, -0.2) is 18.3 Å². The molecule has 0 spiro atoms. The van der Waals surface area contributed by atoms with Gasteiger partial charge >= 0.3 is 12.2 Å². The molecule has 2 aromatic rings. The number of anilines is 1. The van der Waals surface area contributed by atoms with Crippen molar-refractivity contribution in [1.82, 2.24) is 19.9 Å². The summed E-state index contributed by atoms with van der Waals surface area (Å²) in [7, 11) is 0. The molecule has 1 aromatic carbocycles. The Morgan fingerprint density at radius 3 is 2.60 bits per heavy atom. The van der Waals surface area contributed by atoms with E-state index >= 15 is 0 Å². The topological polar surface area (TPSA) is 80.1 Å². The molecule has 162 valence electrons. The monoisotopic (exact) mass is 431 g/mol. The van der Waals surface area contributed by atoms with E-state index in [-0.39, 0.29) is 30.2 Å². The molecule has 2 heterocycles. The van der Waals surface area contributed by atoms with Gasteiger partial charge in [-0.3, -0.25) is 4.79 Å². The molecular formula is C18H18F5N5O2. The van der Waals surface area contributed by atoms with E-state index in [0.717, 1.165) is 19.1 Å². The van der Waals surface area contributed by atoms with Crippen LogP contribution >= 0.6 is 0 Å². The Morgan fingerprint density at radius 1 is 1.27 bits per heavy atom. The first kappa shape index (κ1) is 21.7. The van der Waals surface area contributed by atoms with Crippen molar-refractivity contribution < 1.29 is 31.5 Å². The number of carbonyl (C=O) groups excluding carboxylic acids is 2. The largest absolute Gasteiger partial charge is 0.391 e. The molecule has 12 heteroatoms. The Kier molecular flexibility index (Phi) is 5.77. The van der Waals surface area contributed by atoms with Gasteiger partial charge in [0.25, 0.3) is 0 Å². The van der Waals surface area contributed by atoms with E-state index in [0.29, 0.717) is 0 Å². The van der Waals surface area contributed by atoms with Gasteiger partial charge in [-0.2, -0.15) is 13.2 Å². The number of hydrogen-bond donors (Lipinski definition) is 1. The van der Waals surface area contributed by atoms with Crippen LogP contribution in [0.4, 0.5) is 32.4 Å². The van der Waals surface area contributed by atoms with Crippen molar-refractivity contribution in [3.05, 3.63) is 41.2 Å². The SMILES string of the molecule is C[C@H](CC(=O)c1nnn2c1CN(C(=O)Nc1ccc(F)c(F)c1)[C@@H](C)C2)C(F)(F)F. The number of urea groups is 1. The van der Waals surface area contributed by atoms with E-state index in [9.17, 15) is 31.5 Å². The Labute approximate surface area is 167 Å². The van der Waals surface area contributed by atoms with Gasteiger partial charge in [-0.1, -0.05) is 12.1 Å². The molecule has 0 saturated heterocycles. The molecule has 7 nitrogen and oxygen atoms in total. The molecule has 0 bridgehead atoms. The predicted molar refractivity (Wildman–Crippen MR) is 94.6 cm³/mol. The first-order valence-corrected chi connectivity index (χ1v) is 9.02. The van der Waals surface area contributed by atoms with Crippen LogP contribution in [0.2, 0.25) is 0 Å². The van der Waals surface area contributed by atoms with Crippen LogP contribution in [-0.4, -0.2) is 43.9 Å². The summed E-state index contributed by atoms with van der Waals surface area (Å²) in [5.74, 6) is -4.87. The van der Waals surface area contributed by atoms with E-state index in [1.807, 2.05) is 0 Å². The van der Waals surface area contributed by atoms with Gasteiger partial charge < -0.3 is 10.2 Å². The van der Waals surface area contributed by atoms with Crippen LogP contribution in [0.5, 0.6) is 0 Å². The first-order valence-electron chi connectivity index (χ1n) is 9.02. The molecule has 0 aliphatic carbocycles. The van der Waals surface area contributed by atoms with Gasteiger partial charge in [-0.05, 0) is 19.1 Å². The van der Waals surface area contributed by atoms with Crippen LogP contribution in [0.3, 0.4) is 0 Å². The molecule has 2 amide bonds. The number of ketones is 1. The molecule has 0 fully saturated rings. The first-order chi connectivity index (χ1) is 14.0. The highest BCUT2D eigenvalue weighted by molar-refractivity contribution is 5.95. The van der Waals surface area contributed by atoms with Crippen LogP contribution in [-0.2, 0) is 13.1 Å². The summed E-state index contributed by atoms with van der Waals surface area (Å²) >= 11 is 0. The van der Waals surface area contributed by atoms with Crippen LogP contribution in [0.15, 0.2) is 18.2 Å². The second kappa shape index (κ2) is 8.00. The molecule has 1 aliphatic rings. The Balaban J connectivity index is 1.77. The molecule has 1 N–H and O–H groups in total. The van der Waals surface area contributed by atoms with Gasteiger partial charge in [-0.15, -0.1) is 5.10 Å². The highest BCUT2D eigenvalue weighted by Crippen LogP contribution is 2.30. The third-order valence-electron chi connectivity index (χ3n) is 4.87. The number of halogens is 5. The molecule has 0 saturated carbocycles. The summed E-state index contributed by atoms with van der Waals surface area (Å²) in [6.45, 7) is 2.63. The quantitative estimate of drug-likeness (QED) is 0.591. The number of amides is 2. The number of alkyl halides is 3.